The largest absolute Gasteiger partial charge is 0.306 e. The van der Waals surface area contributed by atoms with E-state index < -0.39 is 0 Å². The fraction of sp³-hybridized carbons (Fsp3) is 0.571. The van der Waals surface area contributed by atoms with Crippen LogP contribution in [0.4, 0.5) is 0 Å². The zero-order chi connectivity index (χ0) is 11.8. The van der Waals surface area contributed by atoms with Crippen molar-refractivity contribution >= 4 is 11.8 Å². The number of hydrogen-bond acceptors (Lipinski definition) is 2. The van der Waals surface area contributed by atoms with Gasteiger partial charge in [-0.2, -0.15) is 11.8 Å². The molecule has 1 atom stereocenters. The number of nitrogens with one attached hydrogen (secondary N) is 1. The minimum atomic E-state index is 0.487. The predicted octanol–water partition coefficient (Wildman–Crippen LogP) is 3.87. The van der Waals surface area contributed by atoms with E-state index in [9.17, 15) is 0 Å². The highest BCUT2D eigenvalue weighted by molar-refractivity contribution is 7.98. The Morgan fingerprint density at radius 2 is 1.75 bits per heavy atom. The van der Waals surface area contributed by atoms with E-state index in [0.29, 0.717) is 12.1 Å². The summed E-state index contributed by atoms with van der Waals surface area (Å²) in [4.78, 5) is 0. The standard InChI is InChI=1S/C14H23NS/c1-4-13(5-2)15-14(11-16-3)12-9-7-6-8-10-12/h6-10,13-15H,4-5,11H2,1-3H3. The van der Waals surface area contributed by atoms with Gasteiger partial charge >= 0.3 is 0 Å². The number of hydrogen-bond donors (Lipinski definition) is 1. The Labute approximate surface area is 104 Å². The number of rotatable bonds is 7. The topological polar surface area (TPSA) is 12.0 Å². The highest BCUT2D eigenvalue weighted by atomic mass is 32.2. The average molecular weight is 237 g/mol. The molecular weight excluding hydrogens is 214 g/mol. The first kappa shape index (κ1) is 13.6. The summed E-state index contributed by atoms with van der Waals surface area (Å²) in [6.45, 7) is 4.50. The summed E-state index contributed by atoms with van der Waals surface area (Å²) in [5.74, 6) is 1.14. The molecule has 1 aromatic rings. The molecule has 0 spiro atoms. The second kappa shape index (κ2) is 7.75. The first-order chi connectivity index (χ1) is 7.81. The Balaban J connectivity index is 2.67. The summed E-state index contributed by atoms with van der Waals surface area (Å²) in [6.07, 6.45) is 4.58. The summed E-state index contributed by atoms with van der Waals surface area (Å²) in [5, 5.41) is 3.75. The molecule has 0 radical (unpaired) electrons. The van der Waals surface area contributed by atoms with E-state index in [1.54, 1.807) is 0 Å². The molecular formula is C14H23NS. The van der Waals surface area contributed by atoms with Crippen molar-refractivity contribution in [3.63, 3.8) is 0 Å². The molecule has 0 amide bonds. The zero-order valence-electron chi connectivity index (χ0n) is 10.6. The van der Waals surface area contributed by atoms with Crippen molar-refractivity contribution in [1.29, 1.82) is 0 Å². The van der Waals surface area contributed by atoms with Crippen LogP contribution >= 0.6 is 11.8 Å². The highest BCUT2D eigenvalue weighted by Crippen LogP contribution is 2.18. The first-order valence-corrected chi connectivity index (χ1v) is 7.51. The van der Waals surface area contributed by atoms with Crippen LogP contribution in [0.25, 0.3) is 0 Å². The average Bonchev–Trinajstić information content (AvgIpc) is 2.35. The Hall–Kier alpha value is -0.470. The van der Waals surface area contributed by atoms with E-state index in [-0.39, 0.29) is 0 Å². The lowest BCUT2D eigenvalue weighted by Crippen LogP contribution is -2.33. The molecule has 2 heteroatoms. The fourth-order valence-electron chi connectivity index (χ4n) is 1.90. The molecule has 1 rings (SSSR count). The molecule has 0 aliphatic carbocycles. The second-order valence-electron chi connectivity index (χ2n) is 4.10. The molecule has 1 unspecified atom stereocenters. The van der Waals surface area contributed by atoms with Crippen LogP contribution in [0.2, 0.25) is 0 Å². The SMILES string of the molecule is CCC(CC)NC(CSC)c1ccccc1. The van der Waals surface area contributed by atoms with Crippen LogP contribution < -0.4 is 5.32 Å². The van der Waals surface area contributed by atoms with Crippen molar-refractivity contribution in [2.24, 2.45) is 0 Å². The molecule has 0 aromatic heterocycles. The maximum atomic E-state index is 3.75. The van der Waals surface area contributed by atoms with Crippen LogP contribution in [0.15, 0.2) is 30.3 Å². The van der Waals surface area contributed by atoms with Gasteiger partial charge in [-0.1, -0.05) is 44.2 Å². The summed E-state index contributed by atoms with van der Waals surface area (Å²) in [7, 11) is 0. The van der Waals surface area contributed by atoms with Crippen LogP contribution in [-0.2, 0) is 0 Å². The van der Waals surface area contributed by atoms with Crippen LogP contribution in [-0.4, -0.2) is 18.1 Å². The van der Waals surface area contributed by atoms with Crippen molar-refractivity contribution in [2.45, 2.75) is 38.8 Å². The van der Waals surface area contributed by atoms with Gasteiger partial charge in [-0.05, 0) is 24.7 Å². The summed E-state index contributed by atoms with van der Waals surface area (Å²) in [6, 6.07) is 11.9. The maximum Gasteiger partial charge on any atom is 0.0413 e. The van der Waals surface area contributed by atoms with Gasteiger partial charge in [0.25, 0.3) is 0 Å². The van der Waals surface area contributed by atoms with E-state index in [2.05, 4.69) is 55.8 Å². The predicted molar refractivity (Wildman–Crippen MR) is 75.1 cm³/mol. The molecule has 0 bridgehead atoms. The number of thioether (sulfide) groups is 1. The van der Waals surface area contributed by atoms with Gasteiger partial charge in [0.1, 0.15) is 0 Å². The third kappa shape index (κ3) is 4.18. The minimum Gasteiger partial charge on any atom is -0.306 e. The van der Waals surface area contributed by atoms with Crippen LogP contribution in [0.1, 0.15) is 38.3 Å². The monoisotopic (exact) mass is 237 g/mol. The molecule has 0 aliphatic heterocycles. The third-order valence-corrected chi connectivity index (χ3v) is 3.62. The Morgan fingerprint density at radius 1 is 1.12 bits per heavy atom. The van der Waals surface area contributed by atoms with E-state index in [0.717, 1.165) is 5.75 Å². The van der Waals surface area contributed by atoms with Gasteiger partial charge in [-0.25, -0.2) is 0 Å². The molecule has 90 valence electrons. The van der Waals surface area contributed by atoms with Gasteiger partial charge in [-0.15, -0.1) is 0 Å². The second-order valence-corrected chi connectivity index (χ2v) is 5.01. The van der Waals surface area contributed by atoms with Crippen LogP contribution in [0.3, 0.4) is 0 Å². The van der Waals surface area contributed by atoms with E-state index in [4.69, 9.17) is 0 Å². The first-order valence-electron chi connectivity index (χ1n) is 6.11. The Kier molecular flexibility index (Phi) is 6.58. The van der Waals surface area contributed by atoms with Crippen LogP contribution in [0, 0.1) is 0 Å². The number of benzene rings is 1. The maximum absolute atomic E-state index is 3.75. The molecule has 0 fully saturated rings. The van der Waals surface area contributed by atoms with Crippen molar-refractivity contribution in [1.82, 2.24) is 5.32 Å². The van der Waals surface area contributed by atoms with Crippen molar-refractivity contribution in [3.8, 4) is 0 Å². The van der Waals surface area contributed by atoms with E-state index >= 15 is 0 Å². The minimum absolute atomic E-state index is 0.487. The fourth-order valence-corrected chi connectivity index (χ4v) is 2.52. The molecule has 1 nitrogen and oxygen atoms in total. The molecule has 0 heterocycles. The summed E-state index contributed by atoms with van der Waals surface area (Å²) in [5.41, 5.74) is 1.41. The summed E-state index contributed by atoms with van der Waals surface area (Å²) >= 11 is 1.91. The van der Waals surface area contributed by atoms with Gasteiger partial charge in [0.15, 0.2) is 0 Å². The third-order valence-electron chi connectivity index (χ3n) is 2.96. The van der Waals surface area contributed by atoms with Gasteiger partial charge in [0.2, 0.25) is 0 Å². The quantitative estimate of drug-likeness (QED) is 0.772. The summed E-state index contributed by atoms with van der Waals surface area (Å²) < 4.78 is 0. The smallest absolute Gasteiger partial charge is 0.0413 e. The molecule has 0 saturated heterocycles. The van der Waals surface area contributed by atoms with Gasteiger partial charge in [-0.3, -0.25) is 0 Å². The highest BCUT2D eigenvalue weighted by Gasteiger charge is 2.13. The van der Waals surface area contributed by atoms with Gasteiger partial charge in [0.05, 0.1) is 0 Å². The molecule has 1 N–H and O–H groups in total. The lowest BCUT2D eigenvalue weighted by Gasteiger charge is -2.24. The Bertz CT molecular complexity index is 269. The Morgan fingerprint density at radius 3 is 2.25 bits per heavy atom. The molecule has 1 aromatic carbocycles. The van der Waals surface area contributed by atoms with E-state index in [1.165, 1.54) is 18.4 Å². The lowest BCUT2D eigenvalue weighted by atomic mass is 10.1. The van der Waals surface area contributed by atoms with Crippen molar-refractivity contribution < 1.29 is 0 Å². The lowest BCUT2D eigenvalue weighted by molar-refractivity contribution is 0.436. The molecule has 0 aliphatic rings. The molecule has 0 saturated carbocycles. The zero-order valence-corrected chi connectivity index (χ0v) is 11.4. The van der Waals surface area contributed by atoms with Gasteiger partial charge < -0.3 is 5.32 Å². The van der Waals surface area contributed by atoms with E-state index in [1.807, 2.05) is 11.8 Å². The van der Waals surface area contributed by atoms with Crippen molar-refractivity contribution in [2.75, 3.05) is 12.0 Å². The van der Waals surface area contributed by atoms with Crippen LogP contribution in [0.5, 0.6) is 0 Å². The molecule has 16 heavy (non-hydrogen) atoms. The normalized spacial score (nSPS) is 13.0. The van der Waals surface area contributed by atoms with Gasteiger partial charge in [0, 0.05) is 17.8 Å². The van der Waals surface area contributed by atoms with Crippen molar-refractivity contribution in [3.05, 3.63) is 35.9 Å².